The van der Waals surface area contributed by atoms with Crippen molar-refractivity contribution in [3.63, 3.8) is 0 Å². The van der Waals surface area contributed by atoms with E-state index in [4.69, 9.17) is 9.52 Å². The molecule has 0 fully saturated rings. The third-order valence-electron chi connectivity index (χ3n) is 2.59. The van der Waals surface area contributed by atoms with Crippen LogP contribution in [0.15, 0.2) is 22.8 Å². The fraction of sp³-hybridized carbons (Fsp3) is 0.615. The van der Waals surface area contributed by atoms with Gasteiger partial charge in [-0.15, -0.1) is 0 Å². The number of unbranched alkanes of at least 4 members (excludes halogenated alkanes) is 3. The molecule has 1 aromatic rings. The number of amides is 1. The lowest BCUT2D eigenvalue weighted by Gasteiger charge is -2.04. The Hall–Kier alpha value is -1.29. The van der Waals surface area contributed by atoms with Gasteiger partial charge in [0.25, 0.3) is 0 Å². The first-order valence-corrected chi connectivity index (χ1v) is 6.23. The van der Waals surface area contributed by atoms with Crippen molar-refractivity contribution in [1.29, 1.82) is 0 Å². The Balaban J connectivity index is 1.94. The third kappa shape index (κ3) is 6.79. The predicted octanol–water partition coefficient (Wildman–Crippen LogP) is 1.88. The Morgan fingerprint density at radius 2 is 2.12 bits per heavy atom. The van der Waals surface area contributed by atoms with E-state index in [1.165, 1.54) is 0 Å². The second-order valence-corrected chi connectivity index (χ2v) is 4.07. The van der Waals surface area contributed by atoms with Crippen LogP contribution in [-0.4, -0.2) is 24.2 Å². The van der Waals surface area contributed by atoms with E-state index in [1.54, 1.807) is 6.26 Å². The summed E-state index contributed by atoms with van der Waals surface area (Å²) in [5.74, 6) is 0.923. The van der Waals surface area contributed by atoms with Crippen LogP contribution in [-0.2, 0) is 11.2 Å². The topological polar surface area (TPSA) is 62.5 Å². The quantitative estimate of drug-likeness (QED) is 0.647. The molecule has 1 amide bonds. The molecule has 0 radical (unpaired) electrons. The number of rotatable bonds is 9. The smallest absolute Gasteiger partial charge is 0.220 e. The van der Waals surface area contributed by atoms with E-state index >= 15 is 0 Å². The van der Waals surface area contributed by atoms with Gasteiger partial charge in [0.1, 0.15) is 5.76 Å². The number of hydrogen-bond donors (Lipinski definition) is 2. The maximum absolute atomic E-state index is 11.4. The van der Waals surface area contributed by atoms with Crippen molar-refractivity contribution in [3.05, 3.63) is 24.2 Å². The molecule has 1 rings (SSSR count). The second kappa shape index (κ2) is 8.82. The van der Waals surface area contributed by atoms with Gasteiger partial charge in [0.15, 0.2) is 0 Å². The lowest BCUT2D eigenvalue weighted by molar-refractivity contribution is -0.121. The molecule has 0 saturated carbocycles. The molecule has 0 bridgehead atoms. The Labute approximate surface area is 102 Å². The Morgan fingerprint density at radius 1 is 1.29 bits per heavy atom. The highest BCUT2D eigenvalue weighted by molar-refractivity contribution is 5.75. The zero-order valence-electron chi connectivity index (χ0n) is 10.2. The van der Waals surface area contributed by atoms with Gasteiger partial charge in [-0.2, -0.15) is 0 Å². The molecular weight excluding hydrogens is 218 g/mol. The predicted molar refractivity (Wildman–Crippen MR) is 65.6 cm³/mol. The van der Waals surface area contributed by atoms with Crippen LogP contribution in [0.3, 0.4) is 0 Å². The number of aryl methyl sites for hydroxylation is 1. The van der Waals surface area contributed by atoms with E-state index in [-0.39, 0.29) is 12.5 Å². The highest BCUT2D eigenvalue weighted by atomic mass is 16.3. The summed E-state index contributed by atoms with van der Waals surface area (Å²) in [5.41, 5.74) is 0. The molecule has 0 spiro atoms. The lowest BCUT2D eigenvalue weighted by atomic mass is 10.2. The minimum atomic E-state index is 0.0727. The van der Waals surface area contributed by atoms with Crippen molar-refractivity contribution in [2.45, 2.75) is 38.5 Å². The highest BCUT2D eigenvalue weighted by Crippen LogP contribution is 2.03. The maximum atomic E-state index is 11.4. The van der Waals surface area contributed by atoms with Crippen LogP contribution in [0.5, 0.6) is 0 Å². The molecular formula is C13H21NO3. The number of nitrogens with one attached hydrogen (secondary N) is 1. The monoisotopic (exact) mass is 239 g/mol. The standard InChI is InChI=1S/C13H21NO3/c15-10-4-2-1-3-9-14-13(16)8-7-12-6-5-11-17-12/h5-6,11,15H,1-4,7-10H2,(H,14,16). The average molecular weight is 239 g/mol. The van der Waals surface area contributed by atoms with Crippen LogP contribution in [0.1, 0.15) is 37.9 Å². The average Bonchev–Trinajstić information content (AvgIpc) is 2.84. The summed E-state index contributed by atoms with van der Waals surface area (Å²) in [5, 5.41) is 11.5. The van der Waals surface area contributed by atoms with Crippen LogP contribution in [0, 0.1) is 0 Å². The number of carbonyl (C=O) groups excluding carboxylic acids is 1. The molecule has 17 heavy (non-hydrogen) atoms. The SMILES string of the molecule is O=C(CCc1ccco1)NCCCCCCO. The van der Waals surface area contributed by atoms with E-state index in [1.807, 2.05) is 12.1 Å². The molecule has 0 aromatic carbocycles. The minimum Gasteiger partial charge on any atom is -0.469 e. The minimum absolute atomic E-state index is 0.0727. The first-order chi connectivity index (χ1) is 8.33. The van der Waals surface area contributed by atoms with Gasteiger partial charge in [0.05, 0.1) is 6.26 Å². The number of aliphatic hydroxyl groups excluding tert-OH is 1. The van der Waals surface area contributed by atoms with E-state index in [0.717, 1.165) is 38.0 Å². The van der Waals surface area contributed by atoms with Gasteiger partial charge in [-0.25, -0.2) is 0 Å². The van der Waals surface area contributed by atoms with E-state index in [9.17, 15) is 4.79 Å². The zero-order valence-corrected chi connectivity index (χ0v) is 10.2. The molecule has 1 heterocycles. The largest absolute Gasteiger partial charge is 0.469 e. The van der Waals surface area contributed by atoms with Crippen LogP contribution < -0.4 is 5.32 Å². The molecule has 4 heteroatoms. The van der Waals surface area contributed by atoms with Crippen LogP contribution in [0.2, 0.25) is 0 Å². The van der Waals surface area contributed by atoms with Gasteiger partial charge in [-0.05, 0) is 25.0 Å². The number of hydrogen-bond acceptors (Lipinski definition) is 3. The summed E-state index contributed by atoms with van der Waals surface area (Å²) in [6, 6.07) is 3.70. The number of carbonyl (C=O) groups is 1. The summed E-state index contributed by atoms with van der Waals surface area (Å²) in [6.07, 6.45) is 6.67. The Morgan fingerprint density at radius 3 is 2.82 bits per heavy atom. The van der Waals surface area contributed by atoms with Gasteiger partial charge >= 0.3 is 0 Å². The van der Waals surface area contributed by atoms with Gasteiger partial charge in [-0.1, -0.05) is 12.8 Å². The van der Waals surface area contributed by atoms with Crippen molar-refractivity contribution in [1.82, 2.24) is 5.32 Å². The molecule has 1 aromatic heterocycles. The van der Waals surface area contributed by atoms with Crippen molar-refractivity contribution in [3.8, 4) is 0 Å². The zero-order chi connectivity index (χ0) is 12.3. The van der Waals surface area contributed by atoms with Gasteiger partial charge < -0.3 is 14.8 Å². The molecule has 96 valence electrons. The molecule has 4 nitrogen and oxygen atoms in total. The molecule has 0 aliphatic rings. The van der Waals surface area contributed by atoms with Crippen LogP contribution >= 0.6 is 0 Å². The first kappa shape index (κ1) is 13.8. The van der Waals surface area contributed by atoms with Gasteiger partial charge in [0, 0.05) is 26.0 Å². The summed E-state index contributed by atoms with van der Waals surface area (Å²) < 4.78 is 5.15. The Kier molecular flexibility index (Phi) is 7.14. The maximum Gasteiger partial charge on any atom is 0.220 e. The summed E-state index contributed by atoms with van der Waals surface area (Å²) in [4.78, 5) is 11.4. The molecule has 2 N–H and O–H groups in total. The van der Waals surface area contributed by atoms with Crippen molar-refractivity contribution in [2.75, 3.05) is 13.2 Å². The number of furan rings is 1. The van der Waals surface area contributed by atoms with Gasteiger partial charge in [0.2, 0.25) is 5.91 Å². The van der Waals surface area contributed by atoms with Crippen LogP contribution in [0.4, 0.5) is 0 Å². The molecule has 0 unspecified atom stereocenters. The van der Waals surface area contributed by atoms with Crippen molar-refractivity contribution in [2.24, 2.45) is 0 Å². The summed E-state index contributed by atoms with van der Waals surface area (Å²) in [7, 11) is 0. The van der Waals surface area contributed by atoms with E-state index < -0.39 is 0 Å². The van der Waals surface area contributed by atoms with E-state index in [0.29, 0.717) is 12.8 Å². The van der Waals surface area contributed by atoms with E-state index in [2.05, 4.69) is 5.32 Å². The van der Waals surface area contributed by atoms with Crippen molar-refractivity contribution < 1.29 is 14.3 Å². The fourth-order valence-corrected chi connectivity index (χ4v) is 1.60. The second-order valence-electron chi connectivity index (χ2n) is 4.07. The molecule has 0 saturated heterocycles. The lowest BCUT2D eigenvalue weighted by Crippen LogP contribution is -2.24. The van der Waals surface area contributed by atoms with Crippen LogP contribution in [0.25, 0.3) is 0 Å². The third-order valence-corrected chi connectivity index (χ3v) is 2.59. The Bertz CT molecular complexity index is 296. The number of aliphatic hydroxyl groups is 1. The molecule has 0 aliphatic heterocycles. The fourth-order valence-electron chi connectivity index (χ4n) is 1.60. The van der Waals surface area contributed by atoms with Gasteiger partial charge in [-0.3, -0.25) is 4.79 Å². The molecule has 0 aliphatic carbocycles. The molecule has 0 atom stereocenters. The highest BCUT2D eigenvalue weighted by Gasteiger charge is 2.02. The first-order valence-electron chi connectivity index (χ1n) is 6.23. The summed E-state index contributed by atoms with van der Waals surface area (Å²) in [6.45, 7) is 0.984. The summed E-state index contributed by atoms with van der Waals surface area (Å²) >= 11 is 0. The van der Waals surface area contributed by atoms with Crippen molar-refractivity contribution >= 4 is 5.91 Å². The normalized spacial score (nSPS) is 10.4.